The van der Waals surface area contributed by atoms with Gasteiger partial charge in [0, 0.05) is 18.2 Å². The highest BCUT2D eigenvalue weighted by molar-refractivity contribution is 5.92. The van der Waals surface area contributed by atoms with Crippen molar-refractivity contribution in [3.05, 3.63) is 65.7 Å². The topological polar surface area (TPSA) is 87.7 Å². The Morgan fingerprint density at radius 1 is 1.06 bits per heavy atom. The molecule has 1 saturated carbocycles. The smallest absolute Gasteiger partial charge is 0.411 e. The van der Waals surface area contributed by atoms with E-state index in [1.54, 1.807) is 24.3 Å². The Labute approximate surface area is 188 Å². The standard InChI is InChI=1S/C25H29N3O4/c1-16(2)23(29)27-20-12-10-19(11-13-20)22-21(24(30)26-14-17-8-9-17)28(25(31)32-22)15-18-6-4-3-5-7-18/h3-7,10-13,16-17,21-22H,8-9,14-15H2,1-2H3,(H,26,30)(H,27,29). The summed E-state index contributed by atoms with van der Waals surface area (Å²) >= 11 is 0. The number of amides is 3. The zero-order valence-electron chi connectivity index (χ0n) is 18.4. The maximum atomic E-state index is 13.2. The third kappa shape index (κ3) is 5.10. The van der Waals surface area contributed by atoms with Gasteiger partial charge in [0.2, 0.25) is 11.8 Å². The summed E-state index contributed by atoms with van der Waals surface area (Å²) in [5.41, 5.74) is 2.30. The van der Waals surface area contributed by atoms with E-state index in [0.717, 1.165) is 18.4 Å². The maximum absolute atomic E-state index is 13.2. The number of nitrogens with one attached hydrogen (secondary N) is 2. The number of cyclic esters (lactones) is 1. The molecule has 1 saturated heterocycles. The van der Waals surface area contributed by atoms with Crippen LogP contribution in [0.4, 0.5) is 10.5 Å². The van der Waals surface area contributed by atoms with Crippen LogP contribution in [0.5, 0.6) is 0 Å². The fraction of sp³-hybridized carbons (Fsp3) is 0.400. The Hall–Kier alpha value is -3.35. The predicted octanol–water partition coefficient (Wildman–Crippen LogP) is 3.87. The van der Waals surface area contributed by atoms with E-state index in [9.17, 15) is 14.4 Å². The number of rotatable bonds is 8. The van der Waals surface area contributed by atoms with Crippen molar-refractivity contribution >= 4 is 23.6 Å². The lowest BCUT2D eigenvalue weighted by atomic mass is 10.00. The third-order valence-corrected chi connectivity index (χ3v) is 5.84. The molecule has 1 aliphatic carbocycles. The van der Waals surface area contributed by atoms with E-state index >= 15 is 0 Å². The Morgan fingerprint density at radius 3 is 2.38 bits per heavy atom. The van der Waals surface area contributed by atoms with Crippen LogP contribution in [0.25, 0.3) is 0 Å². The zero-order valence-corrected chi connectivity index (χ0v) is 18.4. The van der Waals surface area contributed by atoms with E-state index < -0.39 is 18.2 Å². The molecular weight excluding hydrogens is 406 g/mol. The second-order valence-corrected chi connectivity index (χ2v) is 8.82. The molecule has 2 N–H and O–H groups in total. The second-order valence-electron chi connectivity index (χ2n) is 8.82. The first-order valence-corrected chi connectivity index (χ1v) is 11.1. The molecule has 0 radical (unpaired) electrons. The third-order valence-electron chi connectivity index (χ3n) is 5.84. The molecule has 7 heteroatoms. The summed E-state index contributed by atoms with van der Waals surface area (Å²) in [5.74, 6) is 0.121. The largest absolute Gasteiger partial charge is 0.438 e. The Bertz CT molecular complexity index is 970. The van der Waals surface area contributed by atoms with Gasteiger partial charge in [-0.15, -0.1) is 0 Å². The van der Waals surface area contributed by atoms with Crippen LogP contribution in [0.2, 0.25) is 0 Å². The molecule has 0 aromatic heterocycles. The Morgan fingerprint density at radius 2 is 1.75 bits per heavy atom. The van der Waals surface area contributed by atoms with Crippen molar-refractivity contribution in [2.45, 2.75) is 45.4 Å². The molecule has 3 amide bonds. The van der Waals surface area contributed by atoms with Gasteiger partial charge in [-0.3, -0.25) is 14.5 Å². The second kappa shape index (κ2) is 9.42. The minimum Gasteiger partial charge on any atom is -0.438 e. The molecule has 168 valence electrons. The van der Waals surface area contributed by atoms with Crippen LogP contribution in [0.1, 0.15) is 43.9 Å². The van der Waals surface area contributed by atoms with Gasteiger partial charge in [-0.2, -0.15) is 0 Å². The number of nitrogens with zero attached hydrogens (tertiary/aromatic N) is 1. The number of carbonyl (C=O) groups excluding carboxylic acids is 3. The van der Waals surface area contributed by atoms with Crippen molar-refractivity contribution in [3.8, 4) is 0 Å². The van der Waals surface area contributed by atoms with Crippen molar-refractivity contribution in [1.82, 2.24) is 10.2 Å². The normalized spacial score (nSPS) is 20.2. The summed E-state index contributed by atoms with van der Waals surface area (Å²) in [6.07, 6.45) is 1.02. The van der Waals surface area contributed by atoms with Gasteiger partial charge < -0.3 is 15.4 Å². The lowest BCUT2D eigenvalue weighted by Gasteiger charge is -2.24. The van der Waals surface area contributed by atoms with Crippen LogP contribution in [-0.2, 0) is 20.9 Å². The first kappa shape index (κ1) is 21.9. The Balaban J connectivity index is 1.55. The summed E-state index contributed by atoms with van der Waals surface area (Å²) in [5, 5.41) is 5.85. The van der Waals surface area contributed by atoms with E-state index in [2.05, 4.69) is 10.6 Å². The molecule has 2 aromatic rings. The van der Waals surface area contributed by atoms with Crippen molar-refractivity contribution in [2.75, 3.05) is 11.9 Å². The SMILES string of the molecule is CC(C)C(=O)Nc1ccc(C2OC(=O)N(Cc3ccccc3)C2C(=O)NCC2CC2)cc1. The lowest BCUT2D eigenvalue weighted by Crippen LogP contribution is -2.46. The summed E-state index contributed by atoms with van der Waals surface area (Å²) in [6.45, 7) is 4.57. The van der Waals surface area contributed by atoms with Crippen LogP contribution in [0.15, 0.2) is 54.6 Å². The predicted molar refractivity (Wildman–Crippen MR) is 121 cm³/mol. The molecule has 1 aliphatic heterocycles. The summed E-state index contributed by atoms with van der Waals surface area (Å²) in [4.78, 5) is 39.4. The molecule has 0 spiro atoms. The van der Waals surface area contributed by atoms with Crippen molar-refractivity contribution in [1.29, 1.82) is 0 Å². The van der Waals surface area contributed by atoms with Crippen LogP contribution in [0, 0.1) is 11.8 Å². The summed E-state index contributed by atoms with van der Waals surface area (Å²) in [6, 6.07) is 15.9. The van der Waals surface area contributed by atoms with E-state index in [1.165, 1.54) is 4.90 Å². The van der Waals surface area contributed by atoms with Gasteiger partial charge in [0.15, 0.2) is 12.1 Å². The fourth-order valence-electron chi connectivity index (χ4n) is 3.70. The fourth-order valence-corrected chi connectivity index (χ4v) is 3.70. The number of hydrogen-bond donors (Lipinski definition) is 2. The average molecular weight is 436 g/mol. The van der Waals surface area contributed by atoms with E-state index in [0.29, 0.717) is 30.3 Å². The molecule has 2 aliphatic rings. The van der Waals surface area contributed by atoms with Gasteiger partial charge >= 0.3 is 6.09 Å². The molecule has 2 unspecified atom stereocenters. The molecule has 2 fully saturated rings. The summed E-state index contributed by atoms with van der Waals surface area (Å²) in [7, 11) is 0. The minimum atomic E-state index is -0.766. The minimum absolute atomic E-state index is 0.0728. The van der Waals surface area contributed by atoms with E-state index in [-0.39, 0.29) is 17.7 Å². The first-order valence-electron chi connectivity index (χ1n) is 11.1. The highest BCUT2D eigenvalue weighted by Gasteiger charge is 2.47. The highest BCUT2D eigenvalue weighted by Crippen LogP contribution is 2.35. The quantitative estimate of drug-likeness (QED) is 0.659. The number of benzene rings is 2. The Kier molecular flexibility index (Phi) is 6.44. The van der Waals surface area contributed by atoms with E-state index in [1.807, 2.05) is 44.2 Å². The number of anilines is 1. The van der Waals surface area contributed by atoms with Crippen LogP contribution >= 0.6 is 0 Å². The molecule has 32 heavy (non-hydrogen) atoms. The number of ether oxygens (including phenoxy) is 1. The van der Waals surface area contributed by atoms with Crippen molar-refractivity contribution in [2.24, 2.45) is 11.8 Å². The lowest BCUT2D eigenvalue weighted by molar-refractivity contribution is -0.126. The van der Waals surface area contributed by atoms with Crippen molar-refractivity contribution in [3.63, 3.8) is 0 Å². The average Bonchev–Trinajstić information content (AvgIpc) is 3.56. The molecule has 2 aromatic carbocycles. The van der Waals surface area contributed by atoms with Gasteiger partial charge in [0.1, 0.15) is 0 Å². The molecule has 4 rings (SSSR count). The number of hydrogen-bond acceptors (Lipinski definition) is 4. The van der Waals surface area contributed by atoms with Crippen LogP contribution in [0.3, 0.4) is 0 Å². The molecule has 1 heterocycles. The van der Waals surface area contributed by atoms with Crippen molar-refractivity contribution < 1.29 is 19.1 Å². The molecule has 7 nitrogen and oxygen atoms in total. The highest BCUT2D eigenvalue weighted by atomic mass is 16.6. The van der Waals surface area contributed by atoms with Crippen LogP contribution < -0.4 is 10.6 Å². The molecule has 2 atom stereocenters. The van der Waals surface area contributed by atoms with Gasteiger partial charge in [0.25, 0.3) is 0 Å². The van der Waals surface area contributed by atoms with Gasteiger partial charge in [0.05, 0.1) is 6.54 Å². The summed E-state index contributed by atoms with van der Waals surface area (Å²) < 4.78 is 5.69. The van der Waals surface area contributed by atoms with Gasteiger partial charge in [-0.1, -0.05) is 56.3 Å². The molecular formula is C25H29N3O4. The monoisotopic (exact) mass is 435 g/mol. The first-order chi connectivity index (χ1) is 15.4. The zero-order chi connectivity index (χ0) is 22.7. The van der Waals surface area contributed by atoms with Gasteiger partial charge in [-0.05, 0) is 42.0 Å². The van der Waals surface area contributed by atoms with Gasteiger partial charge in [-0.25, -0.2) is 4.79 Å². The van der Waals surface area contributed by atoms with Crippen LogP contribution in [-0.4, -0.2) is 35.4 Å². The maximum Gasteiger partial charge on any atom is 0.411 e. The molecule has 0 bridgehead atoms. The van der Waals surface area contributed by atoms with E-state index in [4.69, 9.17) is 4.74 Å². The number of carbonyl (C=O) groups is 3.